The van der Waals surface area contributed by atoms with E-state index in [1.807, 2.05) is 0 Å². The number of nitrogens with zero attached hydrogens (tertiary/aromatic N) is 1. The molecule has 0 amide bonds. The summed E-state index contributed by atoms with van der Waals surface area (Å²) in [6.45, 7) is 6.69. The summed E-state index contributed by atoms with van der Waals surface area (Å²) >= 11 is 2.32. The highest BCUT2D eigenvalue weighted by Crippen LogP contribution is 2.22. The molecule has 2 aromatic carbocycles. The van der Waals surface area contributed by atoms with Crippen LogP contribution in [0.25, 0.3) is 0 Å². The zero-order valence-corrected chi connectivity index (χ0v) is 16.4. The first-order valence-electron chi connectivity index (χ1n) is 6.89. The normalized spacial score (nSPS) is 11.4. The van der Waals surface area contributed by atoms with Crippen LogP contribution in [0.5, 0.6) is 0 Å². The van der Waals surface area contributed by atoms with E-state index in [0.717, 1.165) is 24.3 Å². The quantitative estimate of drug-likeness (QED) is 0.308. The van der Waals surface area contributed by atoms with Gasteiger partial charge in [0.05, 0.1) is 9.82 Å². The average Bonchev–Trinajstić information content (AvgIpc) is 2.46. The van der Waals surface area contributed by atoms with E-state index in [9.17, 15) is 18.5 Å². The lowest BCUT2D eigenvalue weighted by Gasteiger charge is -2.18. The van der Waals surface area contributed by atoms with E-state index in [4.69, 9.17) is 4.55 Å². The molecular formula is C16H18INO5S. The first-order valence-corrected chi connectivity index (χ1v) is 9.41. The number of rotatable bonds is 2. The Morgan fingerprint density at radius 2 is 1.46 bits per heavy atom. The Morgan fingerprint density at radius 3 is 1.79 bits per heavy atom. The largest absolute Gasteiger partial charge is 0.294 e. The van der Waals surface area contributed by atoms with Gasteiger partial charge in [0.25, 0.3) is 15.8 Å². The number of halogens is 1. The van der Waals surface area contributed by atoms with Gasteiger partial charge in [0.15, 0.2) is 0 Å². The molecule has 0 aliphatic carbocycles. The molecule has 2 aromatic rings. The first kappa shape index (κ1) is 20.5. The van der Waals surface area contributed by atoms with Gasteiger partial charge in [-0.3, -0.25) is 14.7 Å². The maximum Gasteiger partial charge on any atom is 0.294 e. The second kappa shape index (κ2) is 8.04. The van der Waals surface area contributed by atoms with Crippen LogP contribution < -0.4 is 0 Å². The van der Waals surface area contributed by atoms with Crippen LogP contribution in [0.15, 0.2) is 53.4 Å². The fourth-order valence-corrected chi connectivity index (χ4v) is 2.53. The molecule has 0 fully saturated rings. The number of hydrogen-bond acceptors (Lipinski definition) is 4. The van der Waals surface area contributed by atoms with Gasteiger partial charge in [-0.25, -0.2) is 0 Å². The lowest BCUT2D eigenvalue weighted by atomic mass is 9.87. The molecule has 6 nitrogen and oxygen atoms in total. The van der Waals surface area contributed by atoms with E-state index in [1.165, 1.54) is 9.13 Å². The van der Waals surface area contributed by atoms with Crippen molar-refractivity contribution in [1.82, 2.24) is 0 Å². The fraction of sp³-hybridized carbons (Fsp3) is 0.250. The molecule has 0 heterocycles. The number of non-ortho nitro benzene ring substituents is 1. The minimum atomic E-state index is -4.27. The second-order valence-corrected chi connectivity index (χ2v) is 8.65. The highest BCUT2D eigenvalue weighted by Gasteiger charge is 2.12. The summed E-state index contributed by atoms with van der Waals surface area (Å²) in [6.07, 6.45) is 0. The van der Waals surface area contributed by atoms with Crippen molar-refractivity contribution in [2.45, 2.75) is 31.1 Å². The molecule has 8 heteroatoms. The zero-order valence-electron chi connectivity index (χ0n) is 13.4. The molecule has 130 valence electrons. The van der Waals surface area contributed by atoms with E-state index >= 15 is 0 Å². The van der Waals surface area contributed by atoms with Crippen molar-refractivity contribution < 1.29 is 17.9 Å². The van der Waals surface area contributed by atoms with Gasteiger partial charge < -0.3 is 0 Å². The molecule has 24 heavy (non-hydrogen) atoms. The van der Waals surface area contributed by atoms with Gasteiger partial charge in [-0.2, -0.15) is 8.42 Å². The van der Waals surface area contributed by atoms with Crippen LogP contribution in [0.1, 0.15) is 26.3 Å². The zero-order chi connectivity index (χ0) is 18.5. The average molecular weight is 463 g/mol. The number of hydrogen-bond donors (Lipinski definition) is 1. The molecule has 1 N–H and O–H groups in total. The molecule has 0 atom stereocenters. The Labute approximate surface area is 154 Å². The maximum absolute atomic E-state index is 10.5. The molecule has 0 aromatic heterocycles. The van der Waals surface area contributed by atoms with Gasteiger partial charge in [-0.1, -0.05) is 32.9 Å². The molecule has 0 aliphatic rings. The molecular weight excluding hydrogens is 445 g/mol. The van der Waals surface area contributed by atoms with Gasteiger partial charge in [-0.05, 0) is 57.8 Å². The van der Waals surface area contributed by atoms with Gasteiger partial charge in [0.1, 0.15) is 0 Å². The summed E-state index contributed by atoms with van der Waals surface area (Å²) < 4.78 is 30.8. The van der Waals surface area contributed by atoms with Crippen LogP contribution in [0.4, 0.5) is 5.69 Å². The Morgan fingerprint density at radius 1 is 1.00 bits per heavy atom. The smallest absolute Gasteiger partial charge is 0.282 e. The molecule has 0 spiro atoms. The van der Waals surface area contributed by atoms with Crippen molar-refractivity contribution in [2.75, 3.05) is 0 Å². The van der Waals surface area contributed by atoms with Crippen molar-refractivity contribution in [3.8, 4) is 0 Å². The first-order chi connectivity index (χ1) is 10.9. The number of nitro groups is 1. The van der Waals surface area contributed by atoms with Crippen LogP contribution in [-0.2, 0) is 15.5 Å². The summed E-state index contributed by atoms with van der Waals surface area (Å²) in [7, 11) is -4.27. The van der Waals surface area contributed by atoms with E-state index in [1.54, 1.807) is 0 Å². The maximum atomic E-state index is 10.5. The lowest BCUT2D eigenvalue weighted by molar-refractivity contribution is -0.384. The summed E-state index contributed by atoms with van der Waals surface area (Å²) in [5.41, 5.74) is 1.45. The molecule has 0 saturated heterocycles. The Bertz CT molecular complexity index is 794. The highest BCUT2D eigenvalue weighted by atomic mass is 127. The number of benzene rings is 2. The van der Waals surface area contributed by atoms with Crippen molar-refractivity contribution in [1.29, 1.82) is 0 Å². The van der Waals surface area contributed by atoms with Crippen LogP contribution in [0.2, 0.25) is 0 Å². The lowest BCUT2D eigenvalue weighted by Crippen LogP contribution is -2.10. The van der Waals surface area contributed by atoms with Gasteiger partial charge in [0.2, 0.25) is 0 Å². The molecule has 2 rings (SSSR count). The Kier molecular flexibility index (Phi) is 6.87. The van der Waals surface area contributed by atoms with Crippen molar-refractivity contribution in [3.63, 3.8) is 0 Å². The summed E-state index contributed by atoms with van der Waals surface area (Å²) in [5, 5.41) is 10.2. The van der Waals surface area contributed by atoms with Crippen LogP contribution >= 0.6 is 22.6 Å². The predicted octanol–water partition coefficient (Wildman–Crippen LogP) is 4.43. The molecule has 0 bridgehead atoms. The topological polar surface area (TPSA) is 97.5 Å². The van der Waals surface area contributed by atoms with Crippen molar-refractivity contribution in [3.05, 3.63) is 67.8 Å². The molecule has 0 unspecified atom stereocenters. The third kappa shape index (κ3) is 6.54. The minimum absolute atomic E-state index is 0.229. The van der Waals surface area contributed by atoms with Gasteiger partial charge >= 0.3 is 0 Å². The molecule has 0 saturated carbocycles. The third-order valence-corrected chi connectivity index (χ3v) is 4.64. The predicted molar refractivity (Wildman–Crippen MR) is 101 cm³/mol. The fourth-order valence-electron chi connectivity index (χ4n) is 1.69. The summed E-state index contributed by atoms with van der Waals surface area (Å²) in [4.78, 5) is 9.13. The highest BCUT2D eigenvalue weighted by molar-refractivity contribution is 14.1. The van der Waals surface area contributed by atoms with E-state index in [-0.39, 0.29) is 16.0 Å². The Hall–Kier alpha value is -1.52. The second-order valence-electron chi connectivity index (χ2n) is 5.98. The summed E-state index contributed by atoms with van der Waals surface area (Å²) in [6, 6.07) is 12.6. The van der Waals surface area contributed by atoms with Crippen LogP contribution in [-0.4, -0.2) is 17.9 Å². The third-order valence-electron chi connectivity index (χ3n) is 3.06. The van der Waals surface area contributed by atoms with Gasteiger partial charge in [0, 0.05) is 15.7 Å². The molecule has 0 aliphatic heterocycles. The van der Waals surface area contributed by atoms with E-state index in [0.29, 0.717) is 0 Å². The minimum Gasteiger partial charge on any atom is -0.282 e. The SMILES string of the molecule is CC(C)(C)c1ccc(I)cc1.O=[N+]([O-])c1ccc(S(=O)(=O)O)cc1. The van der Waals surface area contributed by atoms with Crippen molar-refractivity contribution in [2.24, 2.45) is 0 Å². The number of nitro benzene ring substituents is 1. The van der Waals surface area contributed by atoms with Gasteiger partial charge in [-0.15, -0.1) is 0 Å². The van der Waals surface area contributed by atoms with Crippen molar-refractivity contribution >= 4 is 38.4 Å². The van der Waals surface area contributed by atoms with E-state index < -0.39 is 15.0 Å². The standard InChI is InChI=1S/C10H13I.C6H5NO5S/c1-10(2,3)8-4-6-9(11)7-5-8;8-7(9)5-1-3-6(4-2-5)13(10,11)12/h4-7H,1-3H3;1-4H,(H,10,11,12). The van der Waals surface area contributed by atoms with Crippen LogP contribution in [0.3, 0.4) is 0 Å². The Balaban J connectivity index is 0.000000243. The van der Waals surface area contributed by atoms with E-state index in [2.05, 4.69) is 67.6 Å². The monoisotopic (exact) mass is 463 g/mol. The van der Waals surface area contributed by atoms with Crippen LogP contribution in [0, 0.1) is 13.7 Å². The molecule has 0 radical (unpaired) electrons. The summed E-state index contributed by atoms with van der Waals surface area (Å²) in [5.74, 6) is 0.